The Hall–Kier alpha value is -1.02. The molecular formula is C17H28N2. The van der Waals surface area contributed by atoms with E-state index in [1.54, 1.807) is 0 Å². The normalized spacial score (nSPS) is 16.7. The van der Waals surface area contributed by atoms with Gasteiger partial charge in [-0.25, -0.2) is 0 Å². The zero-order chi connectivity index (χ0) is 13.8. The highest BCUT2D eigenvalue weighted by Gasteiger charge is 2.30. The first kappa shape index (κ1) is 14.4. The van der Waals surface area contributed by atoms with Gasteiger partial charge in [-0.15, -0.1) is 0 Å². The van der Waals surface area contributed by atoms with Crippen molar-refractivity contribution in [2.75, 3.05) is 18.5 Å². The number of hydrogen-bond acceptors (Lipinski definition) is 2. The molecule has 0 saturated heterocycles. The topological polar surface area (TPSA) is 15.3 Å². The number of hydrogen-bond donors (Lipinski definition) is 1. The van der Waals surface area contributed by atoms with Gasteiger partial charge >= 0.3 is 0 Å². The van der Waals surface area contributed by atoms with Crippen LogP contribution < -0.4 is 10.2 Å². The molecule has 1 atom stereocenters. The molecule has 1 saturated carbocycles. The van der Waals surface area contributed by atoms with Crippen LogP contribution in [0, 0.1) is 11.8 Å². The fourth-order valence-electron chi connectivity index (χ4n) is 2.48. The van der Waals surface area contributed by atoms with Crippen molar-refractivity contribution >= 4 is 5.69 Å². The van der Waals surface area contributed by atoms with Crippen molar-refractivity contribution in [3.63, 3.8) is 0 Å². The molecule has 2 heteroatoms. The highest BCUT2D eigenvalue weighted by Crippen LogP contribution is 2.36. The molecule has 0 amide bonds. The van der Waals surface area contributed by atoms with E-state index in [-0.39, 0.29) is 0 Å². The van der Waals surface area contributed by atoms with Crippen LogP contribution in [0.25, 0.3) is 0 Å². The molecule has 19 heavy (non-hydrogen) atoms. The summed E-state index contributed by atoms with van der Waals surface area (Å²) in [6.07, 6.45) is 2.81. The number of nitrogens with one attached hydrogen (secondary N) is 1. The molecule has 1 aromatic carbocycles. The van der Waals surface area contributed by atoms with Crippen molar-refractivity contribution in [1.29, 1.82) is 0 Å². The van der Waals surface area contributed by atoms with Gasteiger partial charge in [0.15, 0.2) is 0 Å². The Morgan fingerprint density at radius 2 is 1.79 bits per heavy atom. The molecule has 1 aromatic rings. The average molecular weight is 260 g/mol. The Labute approximate surface area is 118 Å². The number of rotatable bonds is 7. The quantitative estimate of drug-likeness (QED) is 0.805. The molecule has 1 N–H and O–H groups in total. The molecule has 1 unspecified atom stereocenters. The third kappa shape index (κ3) is 4.24. The Bertz CT molecular complexity index is 379. The van der Waals surface area contributed by atoms with Gasteiger partial charge in [0.05, 0.1) is 0 Å². The molecule has 1 fully saturated rings. The van der Waals surface area contributed by atoms with Crippen LogP contribution in [0.15, 0.2) is 24.3 Å². The summed E-state index contributed by atoms with van der Waals surface area (Å²) in [7, 11) is 2.22. The van der Waals surface area contributed by atoms with Gasteiger partial charge in [-0.1, -0.05) is 26.0 Å². The van der Waals surface area contributed by atoms with Crippen LogP contribution in [-0.4, -0.2) is 19.6 Å². The van der Waals surface area contributed by atoms with Crippen LogP contribution in [0.4, 0.5) is 5.69 Å². The minimum Gasteiger partial charge on any atom is -0.372 e. The molecule has 0 aliphatic heterocycles. The highest BCUT2D eigenvalue weighted by atomic mass is 15.1. The maximum Gasteiger partial charge on any atom is 0.0366 e. The Kier molecular flexibility index (Phi) is 4.87. The second-order valence-corrected chi connectivity index (χ2v) is 6.38. The third-order valence-corrected chi connectivity index (χ3v) is 4.14. The van der Waals surface area contributed by atoms with Gasteiger partial charge < -0.3 is 10.2 Å². The Morgan fingerprint density at radius 1 is 1.16 bits per heavy atom. The smallest absolute Gasteiger partial charge is 0.0366 e. The van der Waals surface area contributed by atoms with Crippen molar-refractivity contribution in [3.05, 3.63) is 29.8 Å². The predicted octanol–water partition coefficient (Wildman–Crippen LogP) is 3.67. The molecule has 106 valence electrons. The van der Waals surface area contributed by atoms with Gasteiger partial charge in [0.1, 0.15) is 0 Å². The van der Waals surface area contributed by atoms with E-state index in [2.05, 4.69) is 62.3 Å². The van der Waals surface area contributed by atoms with E-state index in [9.17, 15) is 0 Å². The second-order valence-electron chi connectivity index (χ2n) is 6.38. The molecule has 1 aliphatic rings. The molecule has 0 aromatic heterocycles. The van der Waals surface area contributed by atoms with Gasteiger partial charge in [-0.05, 0) is 55.8 Å². The predicted molar refractivity (Wildman–Crippen MR) is 83.6 cm³/mol. The van der Waals surface area contributed by atoms with E-state index in [4.69, 9.17) is 0 Å². The first-order valence-electron chi connectivity index (χ1n) is 7.60. The molecule has 0 spiro atoms. The lowest BCUT2D eigenvalue weighted by atomic mass is 10.1. The van der Waals surface area contributed by atoms with Crippen LogP contribution in [0.5, 0.6) is 0 Å². The zero-order valence-electron chi connectivity index (χ0n) is 12.8. The first-order chi connectivity index (χ1) is 9.08. The molecular weight excluding hydrogens is 232 g/mol. The maximum atomic E-state index is 3.49. The van der Waals surface area contributed by atoms with E-state index in [1.165, 1.54) is 24.1 Å². The summed E-state index contributed by atoms with van der Waals surface area (Å²) in [5.41, 5.74) is 2.71. The van der Waals surface area contributed by atoms with E-state index in [0.717, 1.165) is 19.0 Å². The summed E-state index contributed by atoms with van der Waals surface area (Å²) < 4.78 is 0. The standard InChI is InChI=1S/C17H28N2/c1-13(2)11-18-12-15-5-9-17(10-6-15)19(4)14(3)16-7-8-16/h5-6,9-10,13-14,16,18H,7-8,11-12H2,1-4H3. The van der Waals surface area contributed by atoms with Gasteiger partial charge in [-0.2, -0.15) is 0 Å². The Morgan fingerprint density at radius 3 is 2.32 bits per heavy atom. The zero-order valence-corrected chi connectivity index (χ0v) is 12.8. The Balaban J connectivity index is 1.86. The molecule has 0 heterocycles. The fourth-order valence-corrected chi connectivity index (χ4v) is 2.48. The summed E-state index contributed by atoms with van der Waals surface area (Å²) in [4.78, 5) is 2.42. The fraction of sp³-hybridized carbons (Fsp3) is 0.647. The average Bonchev–Trinajstić information content (AvgIpc) is 3.22. The van der Waals surface area contributed by atoms with Crippen molar-refractivity contribution < 1.29 is 0 Å². The van der Waals surface area contributed by atoms with Crippen molar-refractivity contribution in [3.8, 4) is 0 Å². The van der Waals surface area contributed by atoms with Gasteiger partial charge in [-0.3, -0.25) is 0 Å². The molecule has 2 rings (SSSR count). The van der Waals surface area contributed by atoms with E-state index in [1.807, 2.05) is 0 Å². The SMILES string of the molecule is CC(C)CNCc1ccc(N(C)C(C)C2CC2)cc1. The lowest BCUT2D eigenvalue weighted by Crippen LogP contribution is -2.30. The molecule has 0 radical (unpaired) electrons. The number of benzene rings is 1. The van der Waals surface area contributed by atoms with Crippen LogP contribution in [0.2, 0.25) is 0 Å². The van der Waals surface area contributed by atoms with Crippen LogP contribution >= 0.6 is 0 Å². The third-order valence-electron chi connectivity index (χ3n) is 4.14. The van der Waals surface area contributed by atoms with Crippen LogP contribution in [0.1, 0.15) is 39.2 Å². The van der Waals surface area contributed by atoms with E-state index < -0.39 is 0 Å². The maximum absolute atomic E-state index is 3.49. The minimum atomic E-state index is 0.671. The number of nitrogens with zero attached hydrogens (tertiary/aromatic N) is 1. The van der Waals surface area contributed by atoms with Crippen molar-refractivity contribution in [1.82, 2.24) is 5.32 Å². The summed E-state index contributed by atoms with van der Waals surface area (Å²) in [6, 6.07) is 9.68. The van der Waals surface area contributed by atoms with Crippen LogP contribution in [-0.2, 0) is 6.54 Å². The van der Waals surface area contributed by atoms with E-state index >= 15 is 0 Å². The van der Waals surface area contributed by atoms with Gasteiger partial charge in [0.2, 0.25) is 0 Å². The van der Waals surface area contributed by atoms with Gasteiger partial charge in [0, 0.05) is 25.3 Å². The minimum absolute atomic E-state index is 0.671. The monoisotopic (exact) mass is 260 g/mol. The molecule has 2 nitrogen and oxygen atoms in total. The highest BCUT2D eigenvalue weighted by molar-refractivity contribution is 5.48. The first-order valence-corrected chi connectivity index (χ1v) is 7.60. The van der Waals surface area contributed by atoms with Crippen molar-refractivity contribution in [2.45, 2.75) is 46.2 Å². The summed E-state index contributed by atoms with van der Waals surface area (Å²) in [6.45, 7) is 8.88. The lowest BCUT2D eigenvalue weighted by Gasteiger charge is -2.27. The summed E-state index contributed by atoms with van der Waals surface area (Å²) in [5.74, 6) is 1.63. The van der Waals surface area contributed by atoms with E-state index in [0.29, 0.717) is 12.0 Å². The van der Waals surface area contributed by atoms with Crippen LogP contribution in [0.3, 0.4) is 0 Å². The molecule has 0 bridgehead atoms. The number of anilines is 1. The summed E-state index contributed by atoms with van der Waals surface area (Å²) in [5, 5.41) is 3.49. The largest absolute Gasteiger partial charge is 0.372 e. The van der Waals surface area contributed by atoms with Gasteiger partial charge in [0.25, 0.3) is 0 Å². The molecule has 1 aliphatic carbocycles. The van der Waals surface area contributed by atoms with Crippen molar-refractivity contribution in [2.24, 2.45) is 11.8 Å². The second kappa shape index (κ2) is 6.42. The lowest BCUT2D eigenvalue weighted by molar-refractivity contribution is 0.552. The summed E-state index contributed by atoms with van der Waals surface area (Å²) >= 11 is 0.